The quantitative estimate of drug-likeness (QED) is 0.507. The maximum atomic E-state index is 11.4. The molecule has 4 heteroatoms. The Balaban J connectivity index is 2.49. The van der Waals surface area contributed by atoms with Crippen LogP contribution >= 0.6 is 0 Å². The van der Waals surface area contributed by atoms with E-state index in [-0.39, 0.29) is 5.57 Å². The molecule has 20 heavy (non-hydrogen) atoms. The van der Waals surface area contributed by atoms with Crippen LogP contribution in [-0.4, -0.2) is 11.1 Å². The zero-order valence-corrected chi connectivity index (χ0v) is 10.6. The lowest BCUT2D eigenvalue weighted by molar-refractivity contribution is -0.130. The average molecular weight is 264 g/mol. The maximum absolute atomic E-state index is 11.4. The summed E-state index contributed by atoms with van der Waals surface area (Å²) in [6, 6.07) is 15.4. The van der Waals surface area contributed by atoms with Crippen molar-refractivity contribution in [3.63, 3.8) is 0 Å². The van der Waals surface area contributed by atoms with Gasteiger partial charge in [-0.1, -0.05) is 30.3 Å². The number of hydrogen-bond acceptors (Lipinski definition) is 3. The molecular weight excluding hydrogens is 252 g/mol. The SMILES string of the molecule is N#Cc1ccc(C(=Cc2ccccc2N)C(=O)O)cc1. The number of nitrogens with zero attached hydrogens (tertiary/aromatic N) is 1. The Morgan fingerprint density at radius 2 is 1.80 bits per heavy atom. The van der Waals surface area contributed by atoms with E-state index >= 15 is 0 Å². The van der Waals surface area contributed by atoms with Crippen LogP contribution in [0.3, 0.4) is 0 Å². The minimum atomic E-state index is -1.04. The topological polar surface area (TPSA) is 87.1 Å². The molecule has 0 bridgehead atoms. The second-order valence-corrected chi connectivity index (χ2v) is 4.18. The lowest BCUT2D eigenvalue weighted by atomic mass is 10.0. The number of para-hydroxylation sites is 1. The number of nitrogens with two attached hydrogens (primary N) is 1. The van der Waals surface area contributed by atoms with Crippen LogP contribution in [0.15, 0.2) is 48.5 Å². The molecule has 0 saturated carbocycles. The summed E-state index contributed by atoms with van der Waals surface area (Å²) in [5.41, 5.74) is 8.12. The van der Waals surface area contributed by atoms with Gasteiger partial charge in [-0.05, 0) is 35.4 Å². The number of aliphatic carboxylic acids is 1. The Morgan fingerprint density at radius 1 is 1.15 bits per heavy atom. The van der Waals surface area contributed by atoms with Gasteiger partial charge in [-0.3, -0.25) is 0 Å². The van der Waals surface area contributed by atoms with Gasteiger partial charge in [0.05, 0.1) is 17.2 Å². The summed E-state index contributed by atoms with van der Waals surface area (Å²) < 4.78 is 0. The average Bonchev–Trinajstić information content (AvgIpc) is 2.46. The molecule has 2 aromatic rings. The Kier molecular flexibility index (Phi) is 3.82. The predicted octanol–water partition coefficient (Wildman–Crippen LogP) is 2.77. The van der Waals surface area contributed by atoms with Crippen molar-refractivity contribution in [2.45, 2.75) is 0 Å². The van der Waals surface area contributed by atoms with Crippen molar-refractivity contribution in [2.24, 2.45) is 0 Å². The first-order chi connectivity index (χ1) is 9.61. The standard InChI is InChI=1S/C16H12N2O2/c17-10-11-5-7-12(8-6-11)14(16(19)20)9-13-3-1-2-4-15(13)18/h1-9H,18H2,(H,19,20). The van der Waals surface area contributed by atoms with Crippen LogP contribution in [-0.2, 0) is 4.79 Å². The zero-order valence-electron chi connectivity index (χ0n) is 10.6. The monoisotopic (exact) mass is 264 g/mol. The molecule has 0 unspecified atom stereocenters. The van der Waals surface area contributed by atoms with Crippen molar-refractivity contribution in [3.05, 3.63) is 65.2 Å². The number of benzene rings is 2. The lowest BCUT2D eigenvalue weighted by Gasteiger charge is -2.05. The number of nitrogen functional groups attached to an aromatic ring is 1. The van der Waals surface area contributed by atoms with Gasteiger partial charge in [0.25, 0.3) is 0 Å². The highest BCUT2D eigenvalue weighted by Gasteiger charge is 2.11. The van der Waals surface area contributed by atoms with E-state index in [1.165, 1.54) is 6.08 Å². The molecule has 2 rings (SSSR count). The van der Waals surface area contributed by atoms with Crippen molar-refractivity contribution in [1.82, 2.24) is 0 Å². The van der Waals surface area contributed by atoms with Crippen molar-refractivity contribution >= 4 is 23.3 Å². The third-order valence-corrected chi connectivity index (χ3v) is 2.85. The van der Waals surface area contributed by atoms with E-state index in [9.17, 15) is 9.90 Å². The molecule has 0 amide bonds. The van der Waals surface area contributed by atoms with Crippen molar-refractivity contribution in [2.75, 3.05) is 5.73 Å². The van der Waals surface area contributed by atoms with E-state index in [0.29, 0.717) is 22.4 Å². The van der Waals surface area contributed by atoms with Gasteiger partial charge in [0.15, 0.2) is 0 Å². The fourth-order valence-electron chi connectivity index (χ4n) is 1.79. The summed E-state index contributed by atoms with van der Waals surface area (Å²) in [6.45, 7) is 0. The third-order valence-electron chi connectivity index (χ3n) is 2.85. The molecule has 0 fully saturated rings. The second kappa shape index (κ2) is 5.72. The van der Waals surface area contributed by atoms with Crippen LogP contribution in [0.25, 0.3) is 11.6 Å². The minimum Gasteiger partial charge on any atom is -0.478 e. The summed E-state index contributed by atoms with van der Waals surface area (Å²) in [4.78, 5) is 11.4. The highest BCUT2D eigenvalue weighted by molar-refractivity contribution is 6.21. The van der Waals surface area contributed by atoms with E-state index in [1.807, 2.05) is 6.07 Å². The fraction of sp³-hybridized carbons (Fsp3) is 0. The molecule has 0 heterocycles. The molecule has 0 atom stereocenters. The summed E-state index contributed by atoms with van der Waals surface area (Å²) in [6.07, 6.45) is 1.53. The van der Waals surface area contributed by atoms with E-state index in [1.54, 1.807) is 48.5 Å². The van der Waals surface area contributed by atoms with Crippen LogP contribution in [0.5, 0.6) is 0 Å². The third kappa shape index (κ3) is 2.85. The van der Waals surface area contributed by atoms with Crippen molar-refractivity contribution < 1.29 is 9.90 Å². The number of nitriles is 1. The summed E-state index contributed by atoms with van der Waals surface area (Å²) in [5.74, 6) is -1.04. The van der Waals surface area contributed by atoms with Crippen LogP contribution in [0, 0.1) is 11.3 Å². The molecule has 3 N–H and O–H groups in total. The molecule has 0 radical (unpaired) electrons. The number of carboxylic acids is 1. The fourth-order valence-corrected chi connectivity index (χ4v) is 1.79. The van der Waals surface area contributed by atoms with Gasteiger partial charge < -0.3 is 10.8 Å². The first kappa shape index (κ1) is 13.4. The maximum Gasteiger partial charge on any atom is 0.336 e. The zero-order chi connectivity index (χ0) is 14.5. The lowest BCUT2D eigenvalue weighted by Crippen LogP contribution is -2.00. The number of carbonyl (C=O) groups is 1. The van der Waals surface area contributed by atoms with E-state index in [4.69, 9.17) is 11.0 Å². The Hall–Kier alpha value is -3.06. The van der Waals surface area contributed by atoms with Gasteiger partial charge in [-0.25, -0.2) is 4.79 Å². The van der Waals surface area contributed by atoms with Crippen LogP contribution in [0.4, 0.5) is 5.69 Å². The smallest absolute Gasteiger partial charge is 0.336 e. The summed E-state index contributed by atoms with van der Waals surface area (Å²) in [5, 5.41) is 18.1. The van der Waals surface area contributed by atoms with E-state index in [2.05, 4.69) is 0 Å². The number of rotatable bonds is 3. The molecule has 0 aliphatic rings. The Labute approximate surface area is 116 Å². The van der Waals surface area contributed by atoms with Gasteiger partial charge in [0, 0.05) is 5.69 Å². The molecule has 4 nitrogen and oxygen atoms in total. The molecule has 2 aromatic carbocycles. The first-order valence-electron chi connectivity index (χ1n) is 5.92. The predicted molar refractivity (Wildman–Crippen MR) is 77.5 cm³/mol. The first-order valence-corrected chi connectivity index (χ1v) is 5.92. The molecule has 0 aromatic heterocycles. The molecule has 98 valence electrons. The molecular formula is C16H12N2O2. The van der Waals surface area contributed by atoms with Gasteiger partial charge in [0.2, 0.25) is 0 Å². The van der Waals surface area contributed by atoms with Gasteiger partial charge in [0.1, 0.15) is 0 Å². The Morgan fingerprint density at radius 3 is 2.35 bits per heavy atom. The molecule has 0 spiro atoms. The number of anilines is 1. The molecule has 0 saturated heterocycles. The summed E-state index contributed by atoms with van der Waals surface area (Å²) in [7, 11) is 0. The van der Waals surface area contributed by atoms with Crippen LogP contribution < -0.4 is 5.73 Å². The minimum absolute atomic E-state index is 0.132. The molecule has 0 aliphatic heterocycles. The summed E-state index contributed by atoms with van der Waals surface area (Å²) >= 11 is 0. The van der Waals surface area contributed by atoms with Crippen molar-refractivity contribution in [3.8, 4) is 6.07 Å². The molecule has 0 aliphatic carbocycles. The highest BCUT2D eigenvalue weighted by Crippen LogP contribution is 2.22. The highest BCUT2D eigenvalue weighted by atomic mass is 16.4. The van der Waals surface area contributed by atoms with Gasteiger partial charge >= 0.3 is 5.97 Å². The second-order valence-electron chi connectivity index (χ2n) is 4.18. The van der Waals surface area contributed by atoms with E-state index in [0.717, 1.165) is 0 Å². The van der Waals surface area contributed by atoms with Crippen LogP contribution in [0.1, 0.15) is 16.7 Å². The van der Waals surface area contributed by atoms with Gasteiger partial charge in [-0.15, -0.1) is 0 Å². The number of carboxylic acid groups (broad SMARTS) is 1. The van der Waals surface area contributed by atoms with E-state index < -0.39 is 5.97 Å². The largest absolute Gasteiger partial charge is 0.478 e. The van der Waals surface area contributed by atoms with Crippen molar-refractivity contribution in [1.29, 1.82) is 5.26 Å². The van der Waals surface area contributed by atoms with Crippen LogP contribution in [0.2, 0.25) is 0 Å². The van der Waals surface area contributed by atoms with Gasteiger partial charge in [-0.2, -0.15) is 5.26 Å². The number of hydrogen-bond donors (Lipinski definition) is 2. The Bertz CT molecular complexity index is 710. The normalized spacial score (nSPS) is 10.8.